The van der Waals surface area contributed by atoms with Gasteiger partial charge in [0, 0.05) is 18.2 Å². The van der Waals surface area contributed by atoms with Gasteiger partial charge in [0.15, 0.2) is 41.9 Å². The van der Waals surface area contributed by atoms with Crippen molar-refractivity contribution in [1.29, 1.82) is 0 Å². The van der Waals surface area contributed by atoms with Gasteiger partial charge in [0.05, 0.1) is 16.7 Å². The van der Waals surface area contributed by atoms with E-state index in [1.165, 1.54) is 70.2 Å². The Hall–Kier alpha value is -6.65. The molecule has 6 N–H and O–H groups in total. The van der Waals surface area contributed by atoms with Crippen LogP contribution in [0.15, 0.2) is 54.6 Å². The van der Waals surface area contributed by atoms with Gasteiger partial charge >= 0.3 is 23.9 Å². The number of aromatic nitrogens is 3. The highest BCUT2D eigenvalue weighted by molar-refractivity contribution is 5.77. The second-order valence-electron chi connectivity index (χ2n) is 10.7. The Morgan fingerprint density at radius 3 is 1.12 bits per heavy atom. The first-order valence-electron chi connectivity index (χ1n) is 14.7. The smallest absolute Gasteiger partial charge is 0.344 e. The number of carbonyl (C=O) groups is 4. The fourth-order valence-electron chi connectivity index (χ4n) is 4.15. The number of benzene rings is 3. The van der Waals surface area contributed by atoms with Crippen LogP contribution >= 0.6 is 0 Å². The molecule has 0 amide bonds. The minimum absolute atomic E-state index is 0.0107. The van der Waals surface area contributed by atoms with Crippen molar-refractivity contribution < 1.29 is 68.8 Å². The first kappa shape index (κ1) is 36.2. The van der Waals surface area contributed by atoms with Crippen molar-refractivity contribution in [2.24, 2.45) is 0 Å². The number of ether oxygens (including phenoxy) is 4. The zero-order valence-electron chi connectivity index (χ0n) is 26.8. The van der Waals surface area contributed by atoms with Crippen LogP contribution in [0.25, 0.3) is 34.2 Å². The maximum absolute atomic E-state index is 11.7. The van der Waals surface area contributed by atoms with E-state index in [0.29, 0.717) is 0 Å². The summed E-state index contributed by atoms with van der Waals surface area (Å²) in [4.78, 5) is 58.9. The molecule has 0 fully saturated rings. The fraction of sp³-hybridized carbons (Fsp3) is 0.242. The summed E-state index contributed by atoms with van der Waals surface area (Å²) in [6.45, 7) is 5.14. The monoisotopic (exact) mass is 693 g/mol. The van der Waals surface area contributed by atoms with Crippen molar-refractivity contribution in [2.75, 3.05) is 0 Å². The van der Waals surface area contributed by atoms with Crippen LogP contribution in [0.2, 0.25) is 0 Å². The SMILES string of the molecule is CC(Oc1ccc(-c2nc(-c3ccc(OC(C)C(=O)O)cc3O)nc(-c3ccc(OC(C)C(=O)O)cc3OC(C)C(=O)O)n2)c(O)c1)C(=O)O. The zero-order chi connectivity index (χ0) is 36.9. The van der Waals surface area contributed by atoms with E-state index >= 15 is 0 Å². The van der Waals surface area contributed by atoms with E-state index in [1.807, 2.05) is 0 Å². The molecule has 4 atom stereocenters. The normalized spacial score (nSPS) is 13.3. The van der Waals surface area contributed by atoms with Gasteiger partial charge in [-0.1, -0.05) is 0 Å². The van der Waals surface area contributed by atoms with Gasteiger partial charge in [0.1, 0.15) is 34.5 Å². The number of aliphatic carboxylic acids is 4. The number of nitrogens with zero attached hydrogens (tertiary/aromatic N) is 3. The summed E-state index contributed by atoms with van der Waals surface area (Å²) in [5.41, 5.74) is 0.0934. The van der Waals surface area contributed by atoms with Gasteiger partial charge in [0.2, 0.25) is 0 Å². The van der Waals surface area contributed by atoms with Crippen LogP contribution in [0, 0.1) is 0 Å². The lowest BCUT2D eigenvalue weighted by Crippen LogP contribution is -2.24. The third kappa shape index (κ3) is 8.62. The maximum Gasteiger partial charge on any atom is 0.344 e. The molecular formula is C33H31N3O14. The van der Waals surface area contributed by atoms with Crippen molar-refractivity contribution in [2.45, 2.75) is 52.1 Å². The summed E-state index contributed by atoms with van der Waals surface area (Å²) < 4.78 is 21.7. The highest BCUT2D eigenvalue weighted by Crippen LogP contribution is 2.38. The third-order valence-electron chi connectivity index (χ3n) is 6.88. The van der Waals surface area contributed by atoms with Crippen LogP contribution in [-0.4, -0.2) is 93.9 Å². The van der Waals surface area contributed by atoms with E-state index < -0.39 is 59.8 Å². The van der Waals surface area contributed by atoms with Crippen LogP contribution in [-0.2, 0) is 19.2 Å². The van der Waals surface area contributed by atoms with Gasteiger partial charge in [-0.25, -0.2) is 34.1 Å². The second-order valence-corrected chi connectivity index (χ2v) is 10.7. The molecule has 0 spiro atoms. The molecule has 4 unspecified atom stereocenters. The Kier molecular flexibility index (Phi) is 10.9. The van der Waals surface area contributed by atoms with E-state index in [2.05, 4.69) is 15.0 Å². The van der Waals surface area contributed by atoms with E-state index in [4.69, 9.17) is 18.9 Å². The van der Waals surface area contributed by atoms with Crippen LogP contribution in [0.1, 0.15) is 27.7 Å². The molecule has 0 radical (unpaired) electrons. The highest BCUT2D eigenvalue weighted by Gasteiger charge is 2.24. The average molecular weight is 694 g/mol. The first-order valence-corrected chi connectivity index (χ1v) is 14.7. The Morgan fingerprint density at radius 1 is 0.480 bits per heavy atom. The summed E-state index contributed by atoms with van der Waals surface area (Å²) in [5, 5.41) is 59.1. The Bertz CT molecular complexity index is 1860. The van der Waals surface area contributed by atoms with Gasteiger partial charge < -0.3 is 49.6 Å². The van der Waals surface area contributed by atoms with Gasteiger partial charge in [-0.05, 0) is 64.1 Å². The van der Waals surface area contributed by atoms with Gasteiger partial charge in [0.25, 0.3) is 0 Å². The lowest BCUT2D eigenvalue weighted by molar-refractivity contribution is -0.145. The molecule has 17 nitrogen and oxygen atoms in total. The Labute approximate surface area is 283 Å². The fourth-order valence-corrected chi connectivity index (χ4v) is 4.15. The molecular weight excluding hydrogens is 662 g/mol. The molecule has 0 aliphatic carbocycles. The van der Waals surface area contributed by atoms with Crippen LogP contribution in [0.4, 0.5) is 0 Å². The number of phenolic OH excluding ortho intramolecular Hbond substituents is 2. The van der Waals surface area contributed by atoms with E-state index in [0.717, 1.165) is 12.1 Å². The predicted molar refractivity (Wildman–Crippen MR) is 170 cm³/mol. The van der Waals surface area contributed by atoms with E-state index in [1.54, 1.807) is 0 Å². The van der Waals surface area contributed by atoms with Crippen molar-refractivity contribution in [3.8, 4) is 68.7 Å². The van der Waals surface area contributed by atoms with Crippen LogP contribution in [0.5, 0.6) is 34.5 Å². The van der Waals surface area contributed by atoms with Gasteiger partial charge in [-0.3, -0.25) is 0 Å². The molecule has 262 valence electrons. The lowest BCUT2D eigenvalue weighted by atomic mass is 10.1. The summed E-state index contributed by atoms with van der Waals surface area (Å²) in [6.07, 6.45) is -5.15. The van der Waals surface area contributed by atoms with Gasteiger partial charge in [-0.15, -0.1) is 0 Å². The predicted octanol–water partition coefficient (Wildman–Crippen LogP) is 3.69. The molecule has 4 aromatic rings. The minimum Gasteiger partial charge on any atom is -0.507 e. The number of hydrogen-bond acceptors (Lipinski definition) is 13. The summed E-state index contributed by atoms with van der Waals surface area (Å²) in [6, 6.07) is 11.7. The zero-order valence-corrected chi connectivity index (χ0v) is 26.8. The molecule has 0 aliphatic heterocycles. The van der Waals surface area contributed by atoms with Crippen molar-refractivity contribution in [1.82, 2.24) is 15.0 Å². The number of rotatable bonds is 15. The van der Waals surface area contributed by atoms with E-state index in [9.17, 15) is 49.8 Å². The molecule has 0 aliphatic rings. The average Bonchev–Trinajstić information content (AvgIpc) is 3.04. The van der Waals surface area contributed by atoms with Crippen LogP contribution < -0.4 is 18.9 Å². The number of phenols is 2. The van der Waals surface area contributed by atoms with Crippen LogP contribution in [0.3, 0.4) is 0 Å². The van der Waals surface area contributed by atoms with Crippen molar-refractivity contribution in [3.63, 3.8) is 0 Å². The molecule has 0 saturated heterocycles. The summed E-state index contributed by atoms with van der Waals surface area (Å²) in [7, 11) is 0. The number of hydrogen-bond donors (Lipinski definition) is 6. The standard InChI is InChI=1S/C33H31N3O14/c1-14(30(39)40)47-18-5-8-21(24(37)11-18)27-34-28(22-9-6-19(12-25(22)38)48-15(2)31(41)42)36-29(35-27)23-10-7-20(49-16(3)32(43)44)13-26(23)50-17(4)33(45)46/h5-17,37-38H,1-4H3,(H,39,40)(H,41,42)(H,43,44)(H,45,46). The third-order valence-corrected chi connectivity index (χ3v) is 6.88. The molecule has 1 heterocycles. The topological polar surface area (TPSA) is 265 Å². The largest absolute Gasteiger partial charge is 0.507 e. The Morgan fingerprint density at radius 2 is 0.780 bits per heavy atom. The first-order chi connectivity index (χ1) is 23.5. The number of carboxylic acids is 4. The van der Waals surface area contributed by atoms with E-state index in [-0.39, 0.29) is 57.2 Å². The van der Waals surface area contributed by atoms with Crippen molar-refractivity contribution in [3.05, 3.63) is 54.6 Å². The lowest BCUT2D eigenvalue weighted by Gasteiger charge is -2.18. The Balaban J connectivity index is 1.91. The highest BCUT2D eigenvalue weighted by atomic mass is 16.5. The number of carboxylic acid groups (broad SMARTS) is 4. The molecule has 0 bridgehead atoms. The molecule has 17 heteroatoms. The maximum atomic E-state index is 11.7. The molecule has 4 rings (SSSR count). The number of aromatic hydroxyl groups is 2. The molecule has 0 saturated carbocycles. The molecule has 1 aromatic heterocycles. The summed E-state index contributed by atoms with van der Waals surface area (Å²) >= 11 is 0. The molecule has 50 heavy (non-hydrogen) atoms. The quantitative estimate of drug-likeness (QED) is 0.104. The van der Waals surface area contributed by atoms with Crippen molar-refractivity contribution >= 4 is 23.9 Å². The van der Waals surface area contributed by atoms with Gasteiger partial charge in [-0.2, -0.15) is 0 Å². The molecule has 3 aromatic carbocycles. The summed E-state index contributed by atoms with van der Waals surface area (Å²) in [5.74, 6) is -6.51. The minimum atomic E-state index is -1.41. The second kappa shape index (κ2) is 15.1.